The second-order valence-electron chi connectivity index (χ2n) is 5.73. The quantitative estimate of drug-likeness (QED) is 0.748. The molecule has 3 rings (SSSR count). The molecule has 1 amide bonds. The summed E-state index contributed by atoms with van der Waals surface area (Å²) in [6, 6.07) is 12.0. The van der Waals surface area contributed by atoms with E-state index in [1.54, 1.807) is 18.2 Å². The number of aryl methyl sites for hydroxylation is 2. The number of carbonyl (C=O) groups excluding carboxylic acids is 1. The second kappa shape index (κ2) is 7.09. The number of aromatic nitrogens is 2. The molecule has 0 aliphatic carbocycles. The molecule has 0 aliphatic heterocycles. The lowest BCUT2D eigenvalue weighted by molar-refractivity contribution is 0.102. The summed E-state index contributed by atoms with van der Waals surface area (Å²) >= 11 is 0. The number of benzene rings is 2. The van der Waals surface area contributed by atoms with Crippen molar-refractivity contribution in [3.05, 3.63) is 77.4 Å². The summed E-state index contributed by atoms with van der Waals surface area (Å²) in [5.41, 5.74) is 3.44. The zero-order valence-corrected chi connectivity index (χ0v) is 13.9. The van der Waals surface area contributed by atoms with Gasteiger partial charge in [0.2, 0.25) is 5.95 Å². The van der Waals surface area contributed by atoms with Crippen molar-refractivity contribution in [2.24, 2.45) is 0 Å². The molecule has 1 aromatic heterocycles. The van der Waals surface area contributed by atoms with Crippen molar-refractivity contribution in [3.63, 3.8) is 0 Å². The van der Waals surface area contributed by atoms with Gasteiger partial charge in [0.1, 0.15) is 5.82 Å². The summed E-state index contributed by atoms with van der Waals surface area (Å²) < 4.78 is 13.6. The van der Waals surface area contributed by atoms with Crippen molar-refractivity contribution >= 4 is 23.2 Å². The molecule has 0 aliphatic rings. The Bertz CT molecular complexity index is 889. The third-order valence-corrected chi connectivity index (χ3v) is 3.51. The molecule has 2 N–H and O–H groups in total. The van der Waals surface area contributed by atoms with Gasteiger partial charge in [0, 0.05) is 18.1 Å². The first kappa shape index (κ1) is 16.6. The van der Waals surface area contributed by atoms with Crippen LogP contribution in [-0.4, -0.2) is 15.9 Å². The predicted octanol–water partition coefficient (Wildman–Crippen LogP) is 4.23. The average Bonchev–Trinajstić information content (AvgIpc) is 2.56. The first-order valence-electron chi connectivity index (χ1n) is 7.74. The molecule has 3 aromatic rings. The number of amides is 1. The molecule has 0 bridgehead atoms. The van der Waals surface area contributed by atoms with E-state index in [1.807, 2.05) is 32.0 Å². The van der Waals surface area contributed by atoms with Crippen LogP contribution in [0.5, 0.6) is 0 Å². The minimum Gasteiger partial charge on any atom is -0.322 e. The van der Waals surface area contributed by atoms with Crippen LogP contribution in [0, 0.1) is 19.7 Å². The molecular weight excluding hydrogens is 319 g/mol. The molecular formula is C19H17FN4O. The minimum atomic E-state index is -0.400. The first-order chi connectivity index (χ1) is 12.0. The molecule has 1 heterocycles. The van der Waals surface area contributed by atoms with Crippen LogP contribution in [0.4, 0.5) is 21.7 Å². The average molecular weight is 336 g/mol. The van der Waals surface area contributed by atoms with E-state index in [1.165, 1.54) is 18.5 Å². The molecule has 0 spiro atoms. The SMILES string of the molecule is Cc1cc(C)cc(NC(=O)c2cnc(Nc3ccccc3F)nc2)c1. The van der Waals surface area contributed by atoms with Crippen LogP contribution in [0.1, 0.15) is 21.5 Å². The topological polar surface area (TPSA) is 66.9 Å². The lowest BCUT2D eigenvalue weighted by Crippen LogP contribution is -2.13. The third-order valence-electron chi connectivity index (χ3n) is 3.51. The molecule has 2 aromatic carbocycles. The maximum Gasteiger partial charge on any atom is 0.258 e. The van der Waals surface area contributed by atoms with Crippen LogP contribution < -0.4 is 10.6 Å². The monoisotopic (exact) mass is 336 g/mol. The van der Waals surface area contributed by atoms with E-state index in [0.717, 1.165) is 16.8 Å². The maximum atomic E-state index is 13.6. The van der Waals surface area contributed by atoms with Crippen LogP contribution in [0.15, 0.2) is 54.9 Å². The number of anilines is 3. The van der Waals surface area contributed by atoms with Crippen LogP contribution >= 0.6 is 0 Å². The van der Waals surface area contributed by atoms with Crippen LogP contribution in [0.25, 0.3) is 0 Å². The van der Waals surface area contributed by atoms with Gasteiger partial charge in [-0.1, -0.05) is 18.2 Å². The summed E-state index contributed by atoms with van der Waals surface area (Å²) in [7, 11) is 0. The Kier molecular flexibility index (Phi) is 4.70. The lowest BCUT2D eigenvalue weighted by atomic mass is 10.1. The van der Waals surface area contributed by atoms with E-state index in [9.17, 15) is 9.18 Å². The van der Waals surface area contributed by atoms with Crippen LogP contribution in [0.3, 0.4) is 0 Å². The molecule has 0 saturated carbocycles. The fraction of sp³-hybridized carbons (Fsp3) is 0.105. The summed E-state index contributed by atoms with van der Waals surface area (Å²) in [6.07, 6.45) is 2.79. The highest BCUT2D eigenvalue weighted by atomic mass is 19.1. The first-order valence-corrected chi connectivity index (χ1v) is 7.74. The Labute approximate surface area is 145 Å². The third kappa shape index (κ3) is 4.17. The molecule has 0 saturated heterocycles. The van der Waals surface area contributed by atoms with Crippen molar-refractivity contribution < 1.29 is 9.18 Å². The maximum absolute atomic E-state index is 13.6. The van der Waals surface area contributed by atoms with E-state index in [4.69, 9.17) is 0 Å². The summed E-state index contributed by atoms with van der Waals surface area (Å²) in [4.78, 5) is 20.4. The zero-order chi connectivity index (χ0) is 17.8. The molecule has 0 radical (unpaired) electrons. The Hall–Kier alpha value is -3.28. The fourth-order valence-corrected chi connectivity index (χ4v) is 2.44. The predicted molar refractivity (Wildman–Crippen MR) is 95.6 cm³/mol. The summed E-state index contributed by atoms with van der Waals surface area (Å²) in [6.45, 7) is 3.93. The van der Waals surface area contributed by atoms with Gasteiger partial charge in [-0.3, -0.25) is 4.79 Å². The van der Waals surface area contributed by atoms with E-state index in [0.29, 0.717) is 5.56 Å². The van der Waals surface area contributed by atoms with Crippen molar-refractivity contribution in [1.82, 2.24) is 9.97 Å². The van der Waals surface area contributed by atoms with Gasteiger partial charge < -0.3 is 10.6 Å². The van der Waals surface area contributed by atoms with Crippen LogP contribution in [0.2, 0.25) is 0 Å². The number of rotatable bonds is 4. The van der Waals surface area contributed by atoms with Gasteiger partial charge in [-0.25, -0.2) is 14.4 Å². The number of nitrogens with zero attached hydrogens (tertiary/aromatic N) is 2. The number of para-hydroxylation sites is 1. The van der Waals surface area contributed by atoms with E-state index in [-0.39, 0.29) is 17.5 Å². The van der Waals surface area contributed by atoms with Crippen LogP contribution in [-0.2, 0) is 0 Å². The number of carbonyl (C=O) groups is 1. The molecule has 0 unspecified atom stereocenters. The number of hydrogen-bond donors (Lipinski definition) is 2. The van der Waals surface area contributed by atoms with Gasteiger partial charge in [-0.15, -0.1) is 0 Å². The zero-order valence-electron chi connectivity index (χ0n) is 13.9. The van der Waals surface area contributed by atoms with Crippen molar-refractivity contribution in [3.8, 4) is 0 Å². The normalized spacial score (nSPS) is 10.4. The minimum absolute atomic E-state index is 0.216. The smallest absolute Gasteiger partial charge is 0.258 e. The highest BCUT2D eigenvalue weighted by molar-refractivity contribution is 6.04. The standard InChI is InChI=1S/C19H17FN4O/c1-12-7-13(2)9-15(8-12)23-18(25)14-10-21-19(22-11-14)24-17-6-4-3-5-16(17)20/h3-11H,1-2H3,(H,23,25)(H,21,22,24). The molecule has 5 nitrogen and oxygen atoms in total. The summed E-state index contributed by atoms with van der Waals surface area (Å²) in [5, 5.41) is 5.59. The lowest BCUT2D eigenvalue weighted by Gasteiger charge is -2.08. The van der Waals surface area contributed by atoms with Gasteiger partial charge in [0.15, 0.2) is 0 Å². The summed E-state index contributed by atoms with van der Waals surface area (Å²) in [5.74, 6) is -0.488. The number of halogens is 1. The fourth-order valence-electron chi connectivity index (χ4n) is 2.44. The Morgan fingerprint density at radius 3 is 2.28 bits per heavy atom. The van der Waals surface area contributed by atoms with E-state index in [2.05, 4.69) is 20.6 Å². The highest BCUT2D eigenvalue weighted by Crippen LogP contribution is 2.17. The van der Waals surface area contributed by atoms with E-state index >= 15 is 0 Å². The van der Waals surface area contributed by atoms with Crippen molar-refractivity contribution in [2.45, 2.75) is 13.8 Å². The second-order valence-corrected chi connectivity index (χ2v) is 5.73. The molecule has 0 fully saturated rings. The molecule has 25 heavy (non-hydrogen) atoms. The van der Waals surface area contributed by atoms with Crippen molar-refractivity contribution in [1.29, 1.82) is 0 Å². The molecule has 6 heteroatoms. The highest BCUT2D eigenvalue weighted by Gasteiger charge is 2.09. The van der Waals surface area contributed by atoms with E-state index < -0.39 is 5.82 Å². The van der Waals surface area contributed by atoms with Gasteiger partial charge in [0.25, 0.3) is 5.91 Å². The Morgan fingerprint density at radius 2 is 1.64 bits per heavy atom. The van der Waals surface area contributed by atoms with Crippen molar-refractivity contribution in [2.75, 3.05) is 10.6 Å². The molecule has 126 valence electrons. The van der Waals surface area contributed by atoms with Gasteiger partial charge in [0.05, 0.1) is 11.3 Å². The van der Waals surface area contributed by atoms with Gasteiger partial charge in [-0.2, -0.15) is 0 Å². The Balaban J connectivity index is 1.71. The van der Waals surface area contributed by atoms with Gasteiger partial charge >= 0.3 is 0 Å². The van der Waals surface area contributed by atoms with Gasteiger partial charge in [-0.05, 0) is 49.2 Å². The Morgan fingerprint density at radius 1 is 1.00 bits per heavy atom. The molecule has 0 atom stereocenters. The largest absolute Gasteiger partial charge is 0.322 e. The number of hydrogen-bond acceptors (Lipinski definition) is 4. The number of nitrogens with one attached hydrogen (secondary N) is 2.